The quantitative estimate of drug-likeness (QED) is 0.672. The molecule has 1 heterocycles. The normalized spacial score (nSPS) is 15.3. The SMILES string of the molecule is CCC1=C(OC)C(CC)(CC)c2oc(-c3ccc(OC)c(C)c3)cc(=O)c2C1=O. The number of hydrogen-bond donors (Lipinski definition) is 0. The number of ketones is 1. The van der Waals surface area contributed by atoms with E-state index in [2.05, 4.69) is 0 Å². The molecule has 0 fully saturated rings. The molecule has 0 amide bonds. The number of hydrogen-bond acceptors (Lipinski definition) is 5. The monoisotopic (exact) mass is 396 g/mol. The topological polar surface area (TPSA) is 65.7 Å². The van der Waals surface area contributed by atoms with Crippen LogP contribution in [-0.2, 0) is 10.2 Å². The fourth-order valence-corrected chi connectivity index (χ4v) is 4.40. The average Bonchev–Trinajstić information content (AvgIpc) is 2.73. The highest BCUT2D eigenvalue weighted by Crippen LogP contribution is 2.47. The number of aryl methyl sites for hydroxylation is 1. The molecular weight excluding hydrogens is 368 g/mol. The van der Waals surface area contributed by atoms with Gasteiger partial charge in [0.1, 0.15) is 28.6 Å². The van der Waals surface area contributed by atoms with Gasteiger partial charge in [0.15, 0.2) is 11.2 Å². The first-order valence-electron chi connectivity index (χ1n) is 10.0. The molecule has 1 aromatic carbocycles. The average molecular weight is 396 g/mol. The fraction of sp³-hybridized carbons (Fsp3) is 0.417. The summed E-state index contributed by atoms with van der Waals surface area (Å²) in [5, 5.41) is 0. The zero-order valence-electron chi connectivity index (χ0n) is 18.0. The molecule has 0 unspecified atom stereocenters. The summed E-state index contributed by atoms with van der Waals surface area (Å²) >= 11 is 0. The standard InChI is InChI=1S/C24H28O5/c1-7-16-21(26)20-17(25)13-19(15-10-11-18(27-5)14(4)12-15)29-23(20)24(8-2,9-3)22(16)28-6/h10-13H,7-9H2,1-6H3. The van der Waals surface area contributed by atoms with E-state index in [1.807, 2.05) is 45.9 Å². The van der Waals surface area contributed by atoms with Crippen molar-refractivity contribution < 1.29 is 18.7 Å². The molecule has 0 saturated carbocycles. The molecular formula is C24H28O5. The summed E-state index contributed by atoms with van der Waals surface area (Å²) in [6, 6.07) is 7.03. The molecule has 1 aliphatic rings. The van der Waals surface area contributed by atoms with E-state index in [1.165, 1.54) is 6.07 Å². The van der Waals surface area contributed by atoms with Gasteiger partial charge < -0.3 is 13.9 Å². The van der Waals surface area contributed by atoms with Gasteiger partial charge in [0, 0.05) is 17.2 Å². The molecule has 0 bridgehead atoms. The molecule has 0 saturated heterocycles. The number of carbonyl (C=O) groups is 1. The smallest absolute Gasteiger partial charge is 0.199 e. The van der Waals surface area contributed by atoms with Gasteiger partial charge in [-0.1, -0.05) is 20.8 Å². The van der Waals surface area contributed by atoms with Gasteiger partial charge >= 0.3 is 0 Å². The lowest BCUT2D eigenvalue weighted by molar-refractivity contribution is 0.0975. The summed E-state index contributed by atoms with van der Waals surface area (Å²) in [6.45, 7) is 7.90. The lowest BCUT2D eigenvalue weighted by atomic mass is 9.69. The van der Waals surface area contributed by atoms with Crippen molar-refractivity contribution in [3.8, 4) is 17.1 Å². The van der Waals surface area contributed by atoms with Crippen molar-refractivity contribution in [3.63, 3.8) is 0 Å². The van der Waals surface area contributed by atoms with Crippen molar-refractivity contribution in [2.24, 2.45) is 0 Å². The first kappa shape index (κ1) is 20.9. The third kappa shape index (κ3) is 3.09. The molecule has 5 nitrogen and oxygen atoms in total. The second kappa shape index (κ2) is 7.90. The van der Waals surface area contributed by atoms with Crippen LogP contribution in [0.1, 0.15) is 61.7 Å². The lowest BCUT2D eigenvalue weighted by Crippen LogP contribution is -2.39. The molecule has 29 heavy (non-hydrogen) atoms. The van der Waals surface area contributed by atoms with E-state index in [1.54, 1.807) is 14.2 Å². The maximum absolute atomic E-state index is 13.1. The third-order valence-electron chi connectivity index (χ3n) is 6.04. The van der Waals surface area contributed by atoms with E-state index < -0.39 is 5.41 Å². The van der Waals surface area contributed by atoms with Gasteiger partial charge in [-0.2, -0.15) is 0 Å². The second-order valence-electron chi connectivity index (χ2n) is 7.35. The van der Waals surface area contributed by atoms with Crippen LogP contribution in [0.2, 0.25) is 0 Å². The highest BCUT2D eigenvalue weighted by atomic mass is 16.5. The Kier molecular flexibility index (Phi) is 5.69. The van der Waals surface area contributed by atoms with Crippen molar-refractivity contribution in [1.82, 2.24) is 0 Å². The van der Waals surface area contributed by atoms with Gasteiger partial charge in [-0.05, 0) is 49.9 Å². The lowest BCUT2D eigenvalue weighted by Gasteiger charge is -2.37. The van der Waals surface area contributed by atoms with Crippen molar-refractivity contribution in [2.75, 3.05) is 14.2 Å². The van der Waals surface area contributed by atoms with Crippen LogP contribution < -0.4 is 10.2 Å². The van der Waals surface area contributed by atoms with Crippen LogP contribution in [0.25, 0.3) is 11.3 Å². The van der Waals surface area contributed by atoms with Crippen LogP contribution in [0, 0.1) is 6.92 Å². The van der Waals surface area contributed by atoms with Gasteiger partial charge in [-0.3, -0.25) is 9.59 Å². The maximum atomic E-state index is 13.1. The first-order chi connectivity index (χ1) is 13.9. The van der Waals surface area contributed by atoms with Gasteiger partial charge in [0.05, 0.1) is 19.6 Å². The van der Waals surface area contributed by atoms with Crippen LogP contribution >= 0.6 is 0 Å². The molecule has 1 aromatic heterocycles. The predicted molar refractivity (Wildman–Crippen MR) is 113 cm³/mol. The van der Waals surface area contributed by atoms with E-state index >= 15 is 0 Å². The Morgan fingerprint density at radius 1 is 1.00 bits per heavy atom. The Balaban J connectivity index is 2.33. The molecule has 2 aromatic rings. The second-order valence-corrected chi connectivity index (χ2v) is 7.35. The Morgan fingerprint density at radius 2 is 1.69 bits per heavy atom. The summed E-state index contributed by atoms with van der Waals surface area (Å²) in [5.74, 6) is 1.95. The number of fused-ring (bicyclic) bond motifs is 1. The van der Waals surface area contributed by atoms with Crippen LogP contribution in [-0.4, -0.2) is 20.0 Å². The van der Waals surface area contributed by atoms with E-state index in [-0.39, 0.29) is 16.8 Å². The van der Waals surface area contributed by atoms with Gasteiger partial charge in [0.2, 0.25) is 0 Å². The summed E-state index contributed by atoms with van der Waals surface area (Å²) in [6.07, 6.45) is 1.82. The van der Waals surface area contributed by atoms with Crippen LogP contribution in [0.3, 0.4) is 0 Å². The summed E-state index contributed by atoms with van der Waals surface area (Å²) in [7, 11) is 3.20. The Hall–Kier alpha value is -2.82. The fourth-order valence-electron chi connectivity index (χ4n) is 4.40. The number of allylic oxidation sites excluding steroid dienone is 2. The van der Waals surface area contributed by atoms with E-state index in [0.29, 0.717) is 42.1 Å². The van der Waals surface area contributed by atoms with Crippen molar-refractivity contribution in [1.29, 1.82) is 0 Å². The number of methoxy groups -OCH3 is 2. The van der Waals surface area contributed by atoms with Crippen molar-refractivity contribution >= 4 is 5.78 Å². The van der Waals surface area contributed by atoms with E-state index in [4.69, 9.17) is 13.9 Å². The molecule has 0 atom stereocenters. The zero-order chi connectivity index (χ0) is 21.3. The molecule has 0 aliphatic heterocycles. The molecule has 0 spiro atoms. The minimum absolute atomic E-state index is 0.139. The number of ether oxygens (including phenoxy) is 2. The molecule has 1 aliphatic carbocycles. The number of carbonyl (C=O) groups excluding carboxylic acids is 1. The summed E-state index contributed by atoms with van der Waals surface area (Å²) in [4.78, 5) is 26.2. The van der Waals surface area contributed by atoms with Gasteiger partial charge in [-0.15, -0.1) is 0 Å². The predicted octanol–water partition coefficient (Wildman–Crippen LogP) is 5.19. The number of rotatable bonds is 6. The van der Waals surface area contributed by atoms with E-state index in [9.17, 15) is 9.59 Å². The van der Waals surface area contributed by atoms with Gasteiger partial charge in [0.25, 0.3) is 0 Å². The highest BCUT2D eigenvalue weighted by Gasteiger charge is 2.47. The third-order valence-corrected chi connectivity index (χ3v) is 6.04. The summed E-state index contributed by atoms with van der Waals surface area (Å²) in [5.41, 5.74) is 1.45. The van der Waals surface area contributed by atoms with Crippen molar-refractivity contribution in [3.05, 3.63) is 62.7 Å². The first-order valence-corrected chi connectivity index (χ1v) is 10.0. The molecule has 0 radical (unpaired) electrons. The minimum Gasteiger partial charge on any atom is -0.500 e. The van der Waals surface area contributed by atoms with Crippen LogP contribution in [0.5, 0.6) is 5.75 Å². The minimum atomic E-state index is -0.639. The van der Waals surface area contributed by atoms with E-state index in [0.717, 1.165) is 16.9 Å². The molecule has 0 N–H and O–H groups in total. The number of benzene rings is 1. The van der Waals surface area contributed by atoms with Gasteiger partial charge in [-0.25, -0.2) is 0 Å². The Morgan fingerprint density at radius 3 is 2.21 bits per heavy atom. The molecule has 5 heteroatoms. The summed E-state index contributed by atoms with van der Waals surface area (Å²) < 4.78 is 17.4. The molecule has 154 valence electrons. The molecule has 3 rings (SSSR count). The van der Waals surface area contributed by atoms with Crippen molar-refractivity contribution in [2.45, 2.75) is 52.4 Å². The van der Waals surface area contributed by atoms with Crippen LogP contribution in [0.15, 0.2) is 44.8 Å². The largest absolute Gasteiger partial charge is 0.500 e. The Labute approximate surface area is 171 Å². The highest BCUT2D eigenvalue weighted by molar-refractivity contribution is 6.11. The maximum Gasteiger partial charge on any atom is 0.199 e. The zero-order valence-corrected chi connectivity index (χ0v) is 18.0. The van der Waals surface area contributed by atoms with Crippen LogP contribution in [0.4, 0.5) is 0 Å². The number of Topliss-reactive ketones (excluding diaryl/α,β-unsaturated/α-hetero) is 1. The Bertz CT molecular complexity index is 1040.